The Labute approximate surface area is 122 Å². The summed E-state index contributed by atoms with van der Waals surface area (Å²) in [5, 5.41) is 3.54. The first-order chi connectivity index (χ1) is 7.72. The Balaban J connectivity index is 2.66. The van der Waals surface area contributed by atoms with Gasteiger partial charge in [-0.15, -0.1) is 5.10 Å². The van der Waals surface area contributed by atoms with Crippen LogP contribution in [0.4, 0.5) is 0 Å². The van der Waals surface area contributed by atoms with Crippen LogP contribution in [0.1, 0.15) is 5.69 Å². The number of aryl methyl sites for hydroxylation is 1. The van der Waals surface area contributed by atoms with Crippen LogP contribution in [0.3, 0.4) is 0 Å². The molecule has 2 heterocycles. The minimum absolute atomic E-state index is 0.236. The quantitative estimate of drug-likeness (QED) is 0.624. The predicted octanol–water partition coefficient (Wildman–Crippen LogP) is 2.00. The molecule has 10 heteroatoms. The van der Waals surface area contributed by atoms with E-state index in [4.69, 9.17) is 0 Å². The fourth-order valence-corrected chi connectivity index (χ4v) is 2.97. The molecule has 0 saturated heterocycles. The van der Waals surface area contributed by atoms with Crippen LogP contribution in [0.25, 0.3) is 5.78 Å². The molecule has 2 rings (SSSR count). The maximum atomic E-state index is 12.0. The van der Waals surface area contributed by atoms with Crippen molar-refractivity contribution in [2.24, 2.45) is 0 Å². The van der Waals surface area contributed by atoms with Crippen LogP contribution in [-0.4, -0.2) is 29.5 Å². The number of hydrogen-bond donors (Lipinski definition) is 0. The van der Waals surface area contributed by atoms with Crippen molar-refractivity contribution in [1.29, 1.82) is 0 Å². The smallest absolute Gasteiger partial charge is 0.217 e. The van der Waals surface area contributed by atoms with E-state index >= 15 is 0 Å². The first-order valence-corrected chi connectivity index (χ1v) is 8.09. The van der Waals surface area contributed by atoms with Gasteiger partial charge in [-0.2, -0.15) is 4.98 Å². The Bertz CT molecular complexity index is 676. The van der Waals surface area contributed by atoms with E-state index < -0.39 is 11.3 Å². The lowest BCUT2D eigenvalue weighted by Gasteiger charge is -2.09. The highest BCUT2D eigenvalue weighted by molar-refractivity contribution is 9.42. The molecular weight excluding hydrogens is 444 g/mol. The number of hydrogen-bond acceptors (Lipinski definition) is 5. The molecule has 0 aliphatic rings. The van der Waals surface area contributed by atoms with Crippen LogP contribution in [-0.2, 0) is 9.84 Å². The number of sulfone groups is 1. The Morgan fingerprint density at radius 1 is 1.29 bits per heavy atom. The van der Waals surface area contributed by atoms with Crippen molar-refractivity contribution >= 4 is 63.4 Å². The summed E-state index contributed by atoms with van der Waals surface area (Å²) in [5.41, 5.74) is 0.733. The van der Waals surface area contributed by atoms with Crippen molar-refractivity contribution < 1.29 is 8.42 Å². The first-order valence-electron chi connectivity index (χ1n) is 4.23. The van der Waals surface area contributed by atoms with Crippen molar-refractivity contribution in [2.45, 2.75) is 13.6 Å². The van der Waals surface area contributed by atoms with Crippen molar-refractivity contribution in [3.63, 3.8) is 0 Å². The monoisotopic (exact) mass is 446 g/mol. The minimum Gasteiger partial charge on any atom is -0.217 e. The Kier molecular flexibility index (Phi) is 3.34. The average Bonchev–Trinajstić information content (AvgIpc) is 2.58. The third-order valence-electron chi connectivity index (χ3n) is 1.87. The zero-order valence-electron chi connectivity index (χ0n) is 8.30. The van der Waals surface area contributed by atoms with Crippen molar-refractivity contribution in [3.05, 3.63) is 18.0 Å². The lowest BCUT2D eigenvalue weighted by atomic mass is 10.5. The van der Waals surface area contributed by atoms with Crippen LogP contribution < -0.4 is 0 Å². The van der Waals surface area contributed by atoms with E-state index in [-0.39, 0.29) is 10.9 Å². The molecule has 6 nitrogen and oxygen atoms in total. The zero-order valence-corrected chi connectivity index (χ0v) is 13.9. The summed E-state index contributed by atoms with van der Waals surface area (Å²) in [6.45, 7) is 1.78. The van der Waals surface area contributed by atoms with Gasteiger partial charge in [0.05, 0.1) is 0 Å². The third-order valence-corrected chi connectivity index (χ3v) is 6.97. The average molecular weight is 449 g/mol. The van der Waals surface area contributed by atoms with Gasteiger partial charge in [0.1, 0.15) is 0 Å². The van der Waals surface area contributed by atoms with E-state index in [1.54, 1.807) is 19.2 Å². The van der Waals surface area contributed by atoms with Crippen LogP contribution >= 0.6 is 47.8 Å². The van der Waals surface area contributed by atoms with Gasteiger partial charge < -0.3 is 0 Å². The van der Waals surface area contributed by atoms with Gasteiger partial charge >= 0.3 is 0 Å². The van der Waals surface area contributed by atoms with E-state index in [9.17, 15) is 8.42 Å². The number of fused-ring (bicyclic) bond motifs is 1. The predicted molar refractivity (Wildman–Crippen MR) is 72.2 cm³/mol. The molecule has 0 fully saturated rings. The van der Waals surface area contributed by atoms with Gasteiger partial charge in [-0.05, 0) is 60.8 Å². The Hall–Kier alpha value is -0.0600. The highest BCUT2D eigenvalue weighted by Gasteiger charge is 2.40. The van der Waals surface area contributed by atoms with E-state index in [1.807, 2.05) is 0 Å². The van der Waals surface area contributed by atoms with Crippen LogP contribution in [0, 0.1) is 6.92 Å². The molecule has 2 aromatic heterocycles. The van der Waals surface area contributed by atoms with Gasteiger partial charge in [0.2, 0.25) is 1.47 Å². The lowest BCUT2D eigenvalue weighted by molar-refractivity contribution is 0.589. The van der Waals surface area contributed by atoms with Crippen molar-refractivity contribution in [1.82, 2.24) is 19.6 Å². The SMILES string of the molecule is Cc1ccn2nc(S(=O)(=O)C(Br)(Br)Br)nc2n1. The number of halogens is 3. The zero-order chi connectivity index (χ0) is 12.8. The van der Waals surface area contributed by atoms with Crippen LogP contribution in [0.15, 0.2) is 17.4 Å². The molecule has 0 bridgehead atoms. The summed E-state index contributed by atoms with van der Waals surface area (Å²) >= 11 is 8.83. The van der Waals surface area contributed by atoms with Crippen LogP contribution in [0.2, 0.25) is 0 Å². The fourth-order valence-electron chi connectivity index (χ4n) is 1.06. The van der Waals surface area contributed by atoms with Gasteiger partial charge in [-0.3, -0.25) is 0 Å². The standard InChI is InChI=1S/C7H5Br3N4O2S/c1-4-2-3-14-5(11-4)12-6(13-14)17(15,16)7(8,9)10/h2-3H,1H3. The van der Waals surface area contributed by atoms with E-state index in [1.165, 1.54) is 4.52 Å². The molecule has 0 aromatic carbocycles. The molecule has 92 valence electrons. The van der Waals surface area contributed by atoms with Gasteiger partial charge in [0.25, 0.3) is 20.8 Å². The largest absolute Gasteiger partial charge is 0.272 e. The van der Waals surface area contributed by atoms with E-state index in [0.717, 1.165) is 5.69 Å². The first kappa shape index (κ1) is 13.4. The summed E-state index contributed by atoms with van der Waals surface area (Å²) in [6.07, 6.45) is 1.60. The van der Waals surface area contributed by atoms with E-state index in [0.29, 0.717) is 0 Å². The van der Waals surface area contributed by atoms with Crippen molar-refractivity contribution in [2.75, 3.05) is 0 Å². The summed E-state index contributed by atoms with van der Waals surface area (Å²) < 4.78 is 23.8. The lowest BCUT2D eigenvalue weighted by Crippen LogP contribution is -2.19. The number of nitrogens with zero attached hydrogens (tertiary/aromatic N) is 4. The second-order valence-corrected chi connectivity index (χ2v) is 13.5. The maximum absolute atomic E-state index is 12.0. The van der Waals surface area contributed by atoms with E-state index in [2.05, 4.69) is 62.9 Å². The molecule has 0 unspecified atom stereocenters. The van der Waals surface area contributed by atoms with Gasteiger partial charge in [-0.1, -0.05) is 0 Å². The van der Waals surface area contributed by atoms with Gasteiger partial charge in [0.15, 0.2) is 0 Å². The summed E-state index contributed by atoms with van der Waals surface area (Å²) in [7, 11) is -3.78. The molecule has 0 radical (unpaired) electrons. The molecule has 0 N–H and O–H groups in total. The summed E-state index contributed by atoms with van der Waals surface area (Å²) in [6, 6.07) is 1.71. The Morgan fingerprint density at radius 3 is 2.53 bits per heavy atom. The molecule has 0 aliphatic carbocycles. The molecular formula is C7H5Br3N4O2S. The normalized spacial score (nSPS) is 13.2. The third kappa shape index (κ3) is 2.40. The number of alkyl halides is 3. The second kappa shape index (κ2) is 4.25. The molecule has 0 amide bonds. The van der Waals surface area contributed by atoms with Gasteiger partial charge in [0, 0.05) is 11.9 Å². The number of aromatic nitrogens is 4. The van der Waals surface area contributed by atoms with Crippen LogP contribution in [0.5, 0.6) is 0 Å². The maximum Gasteiger partial charge on any atom is 0.272 e. The molecule has 0 aliphatic heterocycles. The van der Waals surface area contributed by atoms with Crippen molar-refractivity contribution in [3.8, 4) is 0 Å². The highest BCUT2D eigenvalue weighted by atomic mass is 80.0. The van der Waals surface area contributed by atoms with Gasteiger partial charge in [-0.25, -0.2) is 17.9 Å². The molecule has 17 heavy (non-hydrogen) atoms. The molecule has 2 aromatic rings. The molecule has 0 spiro atoms. The summed E-state index contributed by atoms with van der Waals surface area (Å²) in [5.74, 6) is 0.236. The highest BCUT2D eigenvalue weighted by Crippen LogP contribution is 2.42. The second-order valence-electron chi connectivity index (χ2n) is 3.16. The fraction of sp³-hybridized carbons (Fsp3) is 0.286. The molecule has 0 saturated carbocycles. The minimum atomic E-state index is -3.78. The number of rotatable bonds is 1. The topological polar surface area (TPSA) is 77.2 Å². The molecule has 0 atom stereocenters. The summed E-state index contributed by atoms with van der Waals surface area (Å²) in [4.78, 5) is 7.95. The Morgan fingerprint density at radius 2 is 1.94 bits per heavy atom.